The van der Waals surface area contributed by atoms with Crippen molar-refractivity contribution < 1.29 is 51.7 Å². The fraction of sp³-hybridized carbons (Fsp3) is 0.769. The average Bonchev–Trinajstić information content (AvgIpc) is 2.69. The van der Waals surface area contributed by atoms with Crippen LogP contribution in [0.5, 0.6) is 0 Å². The summed E-state index contributed by atoms with van der Waals surface area (Å²) < 4.78 is 0. The third-order valence-electron chi connectivity index (χ3n) is 4.37. The van der Waals surface area contributed by atoms with Gasteiger partial charge in [0.15, 0.2) is 11.6 Å². The van der Waals surface area contributed by atoms with Crippen molar-refractivity contribution in [1.29, 1.82) is 0 Å². The first-order chi connectivity index (χ1) is 14.9. The molecule has 0 aliphatic heterocycles. The van der Waals surface area contributed by atoms with Crippen molar-refractivity contribution >= 4 is 11.6 Å². The van der Waals surface area contributed by atoms with E-state index in [0.717, 1.165) is 37.8 Å². The molecule has 0 saturated carbocycles. The summed E-state index contributed by atoms with van der Waals surface area (Å²) in [4.78, 5) is 20.0. The minimum atomic E-state index is -0.187. The van der Waals surface area contributed by atoms with Gasteiger partial charge in [-0.15, -0.1) is 24.7 Å². The number of unbranched alkanes of at least 4 members (excludes halogenated alkanes) is 2. The number of hydrogen-bond donors (Lipinski definition) is 0. The van der Waals surface area contributed by atoms with Crippen LogP contribution in [0.4, 0.5) is 0 Å². The van der Waals surface area contributed by atoms with E-state index in [4.69, 9.17) is 0 Å². The van der Waals surface area contributed by atoms with E-state index in [9.17, 15) is 30.0 Å². The summed E-state index contributed by atoms with van der Waals surface area (Å²) in [6, 6.07) is 0. The summed E-state index contributed by atoms with van der Waals surface area (Å²) in [5, 5.41) is 40.7. The van der Waals surface area contributed by atoms with Gasteiger partial charge < -0.3 is 20.4 Å². The quantitative estimate of drug-likeness (QED) is 0.229. The Bertz CT molecular complexity index is 429. The van der Waals surface area contributed by atoms with Gasteiger partial charge in [-0.1, -0.05) is 105 Å². The van der Waals surface area contributed by atoms with Crippen molar-refractivity contribution in [3.8, 4) is 0 Å². The van der Waals surface area contributed by atoms with Gasteiger partial charge in [0, 0.05) is 0 Å². The summed E-state index contributed by atoms with van der Waals surface area (Å²) in [6.07, 6.45) is 11.4. The Morgan fingerprint density at radius 2 is 0.939 bits per heavy atom. The van der Waals surface area contributed by atoms with Crippen LogP contribution in [0.3, 0.4) is 0 Å². The zero-order valence-corrected chi connectivity index (χ0v) is 23.9. The predicted octanol–water partition coefficient (Wildman–Crippen LogP) is 2.80. The molecule has 2 unspecified atom stereocenters. The Morgan fingerprint density at radius 3 is 1.03 bits per heavy atom. The van der Waals surface area contributed by atoms with Gasteiger partial charge in [-0.2, -0.15) is 0 Å². The predicted molar refractivity (Wildman–Crippen MR) is 125 cm³/mol. The maximum atomic E-state index is 10.4. The average molecular weight is 505 g/mol. The van der Waals surface area contributed by atoms with E-state index < -0.39 is 0 Å². The molecule has 0 heterocycles. The summed E-state index contributed by atoms with van der Waals surface area (Å²) in [5.74, 6) is 0.148. The van der Waals surface area contributed by atoms with Crippen LogP contribution in [0.15, 0.2) is 23.7 Å². The molecule has 0 fully saturated rings. The van der Waals surface area contributed by atoms with E-state index in [1.807, 2.05) is 0 Å². The Labute approximate surface area is 218 Å². The van der Waals surface area contributed by atoms with Crippen molar-refractivity contribution in [3.05, 3.63) is 23.7 Å². The number of carbonyl (C=O) groups excluding carboxylic acids is 2. The van der Waals surface area contributed by atoms with Crippen molar-refractivity contribution in [2.75, 3.05) is 13.2 Å². The second-order valence-corrected chi connectivity index (χ2v) is 7.90. The summed E-state index contributed by atoms with van der Waals surface area (Å²) >= 11 is 0. The molecule has 33 heavy (non-hydrogen) atoms. The van der Waals surface area contributed by atoms with Gasteiger partial charge >= 0.3 is 21.7 Å². The number of carbonyl (C=O) groups is 2. The van der Waals surface area contributed by atoms with Crippen LogP contribution in [0.1, 0.15) is 107 Å². The molecule has 192 valence electrons. The van der Waals surface area contributed by atoms with E-state index >= 15 is 0 Å². The zero-order chi connectivity index (χ0) is 25.9. The standard InChI is InChI=1S/2C8H17O.2C5H8O2.Ti/c2*1-3-5-6-8(4-2)7-9;2*1-4(6)3-5(2)7;/h2*8H,3-7H2,1-2H3;2*3,6H,1-2H3;/q2*-1;;;+4/p-2/b;;2*4-3-;. The van der Waals surface area contributed by atoms with Gasteiger partial charge in [0.05, 0.1) is 0 Å². The number of rotatable bonds is 12. The molecule has 0 rings (SSSR count). The molecule has 7 heteroatoms. The molecule has 0 spiro atoms. The fourth-order valence-electron chi connectivity index (χ4n) is 2.37. The normalized spacial score (nSPS) is 12.3. The summed E-state index contributed by atoms with van der Waals surface area (Å²) in [7, 11) is 0. The molecule has 0 aliphatic rings. The maximum absolute atomic E-state index is 10.4. The first-order valence-electron chi connectivity index (χ1n) is 11.8. The third-order valence-corrected chi connectivity index (χ3v) is 4.37. The monoisotopic (exact) mass is 504 g/mol. The van der Waals surface area contributed by atoms with Gasteiger partial charge in [0.25, 0.3) is 0 Å². The van der Waals surface area contributed by atoms with Gasteiger partial charge in [-0.25, -0.2) is 0 Å². The van der Waals surface area contributed by atoms with Gasteiger partial charge in [0.1, 0.15) is 0 Å². The van der Waals surface area contributed by atoms with E-state index in [1.165, 1.54) is 53.4 Å². The van der Waals surface area contributed by atoms with E-state index in [0.29, 0.717) is 11.8 Å². The Balaban J connectivity index is -0.000000105. The van der Waals surface area contributed by atoms with Crippen LogP contribution in [0.2, 0.25) is 0 Å². The molecule has 0 saturated heterocycles. The zero-order valence-electron chi connectivity index (χ0n) is 22.3. The molecule has 2 atom stereocenters. The maximum Gasteiger partial charge on any atom is 4.00 e. The van der Waals surface area contributed by atoms with Crippen LogP contribution in [0.25, 0.3) is 0 Å². The number of ketones is 2. The van der Waals surface area contributed by atoms with Crippen molar-refractivity contribution in [2.24, 2.45) is 11.8 Å². The topological polar surface area (TPSA) is 126 Å². The Kier molecular flexibility index (Phi) is 42.5. The minimum absolute atomic E-state index is 0. The van der Waals surface area contributed by atoms with Gasteiger partial charge in [-0.3, -0.25) is 9.59 Å². The first-order valence-corrected chi connectivity index (χ1v) is 11.8. The molecule has 0 aromatic heterocycles. The fourth-order valence-corrected chi connectivity index (χ4v) is 2.37. The smallest absolute Gasteiger partial charge is 0.876 e. The summed E-state index contributed by atoms with van der Waals surface area (Å²) in [6.45, 7) is 14.2. The van der Waals surface area contributed by atoms with Gasteiger partial charge in [0.2, 0.25) is 0 Å². The van der Waals surface area contributed by atoms with Gasteiger partial charge in [-0.05, 0) is 26.0 Å². The molecule has 0 N–H and O–H groups in total. The molecular weight excluding hydrogens is 456 g/mol. The van der Waals surface area contributed by atoms with Crippen LogP contribution in [0, 0.1) is 11.8 Å². The van der Waals surface area contributed by atoms with Crippen LogP contribution < -0.4 is 20.4 Å². The molecule has 0 amide bonds. The van der Waals surface area contributed by atoms with Crippen molar-refractivity contribution in [2.45, 2.75) is 107 Å². The number of hydrogen-bond acceptors (Lipinski definition) is 6. The number of allylic oxidation sites excluding steroid dienone is 4. The van der Waals surface area contributed by atoms with Crippen molar-refractivity contribution in [1.82, 2.24) is 0 Å². The molecule has 0 bridgehead atoms. The van der Waals surface area contributed by atoms with E-state index in [-0.39, 0.29) is 58.0 Å². The molecule has 0 aromatic rings. The molecule has 0 aliphatic carbocycles. The van der Waals surface area contributed by atoms with Crippen LogP contribution >= 0.6 is 0 Å². The van der Waals surface area contributed by atoms with Crippen molar-refractivity contribution in [3.63, 3.8) is 0 Å². The first kappa shape index (κ1) is 42.2. The largest absolute Gasteiger partial charge is 4.00 e. The molecule has 0 radical (unpaired) electrons. The Morgan fingerprint density at radius 1 is 0.667 bits per heavy atom. The molecule has 6 nitrogen and oxygen atoms in total. The second kappa shape index (κ2) is 33.2. The third kappa shape index (κ3) is 49.3. The molecular formula is C26H48O6Ti. The second-order valence-electron chi connectivity index (χ2n) is 7.90. The van der Waals surface area contributed by atoms with Crippen LogP contribution in [-0.4, -0.2) is 24.8 Å². The van der Waals surface area contributed by atoms with E-state index in [2.05, 4.69) is 27.7 Å². The minimum Gasteiger partial charge on any atom is -0.876 e. The Hall–Kier alpha value is -0.946. The van der Waals surface area contributed by atoms with Crippen LogP contribution in [-0.2, 0) is 31.3 Å². The summed E-state index contributed by atoms with van der Waals surface area (Å²) in [5.41, 5.74) is 0. The molecule has 0 aromatic carbocycles. The van der Waals surface area contributed by atoms with E-state index in [1.54, 1.807) is 0 Å². The SMILES string of the molecule is CC(=O)/C=C(/C)[O-].CC(=O)/C=C(/C)[O-].CCCCC(CC)C[O-].CCCCC(CC)C[O-].[Ti+4].